The van der Waals surface area contributed by atoms with Gasteiger partial charge in [0.2, 0.25) is 0 Å². The minimum Gasteiger partial charge on any atom is -0.354 e. The molecular formula is C18H27FN4O3S. The summed E-state index contributed by atoms with van der Waals surface area (Å²) in [4.78, 5) is 18.2. The first-order valence-corrected chi connectivity index (χ1v) is 10.4. The van der Waals surface area contributed by atoms with Crippen LogP contribution in [0.2, 0.25) is 0 Å². The van der Waals surface area contributed by atoms with E-state index in [9.17, 15) is 17.6 Å². The van der Waals surface area contributed by atoms with Crippen LogP contribution in [0.15, 0.2) is 23.2 Å². The molecule has 1 aromatic carbocycles. The molecule has 2 N–H and O–H groups in total. The van der Waals surface area contributed by atoms with Crippen LogP contribution in [0.5, 0.6) is 0 Å². The Bertz CT molecular complexity index is 837. The van der Waals surface area contributed by atoms with E-state index in [4.69, 9.17) is 0 Å². The summed E-state index contributed by atoms with van der Waals surface area (Å²) in [6.07, 6.45) is 0. The van der Waals surface area contributed by atoms with Gasteiger partial charge in [0.25, 0.3) is 5.91 Å². The molecule has 150 valence electrons. The normalized spacial score (nSPS) is 18.9. The van der Waals surface area contributed by atoms with Crippen molar-refractivity contribution in [2.24, 2.45) is 4.99 Å². The summed E-state index contributed by atoms with van der Waals surface area (Å²) in [5.41, 5.74) is 0.758. The van der Waals surface area contributed by atoms with E-state index in [0.717, 1.165) is 0 Å². The van der Waals surface area contributed by atoms with Crippen LogP contribution in [0.25, 0.3) is 0 Å². The first-order valence-electron chi connectivity index (χ1n) is 8.79. The van der Waals surface area contributed by atoms with Crippen molar-refractivity contribution in [3.63, 3.8) is 0 Å². The van der Waals surface area contributed by atoms with Crippen molar-refractivity contribution >= 4 is 21.7 Å². The van der Waals surface area contributed by atoms with Crippen molar-refractivity contribution in [3.05, 3.63) is 35.1 Å². The fourth-order valence-electron chi connectivity index (χ4n) is 2.84. The van der Waals surface area contributed by atoms with Crippen LogP contribution >= 0.6 is 0 Å². The second kappa shape index (κ2) is 8.24. The van der Waals surface area contributed by atoms with Gasteiger partial charge in [-0.2, -0.15) is 0 Å². The standard InChI is InChI=1S/C18H27FN4O3S/c1-13-5-6-14(11-15(13)19)16(24)21-7-8-22-17(20-4)23-9-10-27(25,26)18(2,3)12-23/h5-6,11H,7-10,12H2,1-4H3,(H,20,22)(H,21,24). The monoisotopic (exact) mass is 398 g/mol. The number of sulfone groups is 1. The predicted molar refractivity (Wildman–Crippen MR) is 104 cm³/mol. The fourth-order valence-corrected chi connectivity index (χ4v) is 4.21. The van der Waals surface area contributed by atoms with Crippen molar-refractivity contribution in [2.45, 2.75) is 25.5 Å². The van der Waals surface area contributed by atoms with Crippen molar-refractivity contribution in [1.82, 2.24) is 15.5 Å². The van der Waals surface area contributed by atoms with E-state index in [1.807, 2.05) is 4.90 Å². The van der Waals surface area contributed by atoms with E-state index in [1.165, 1.54) is 6.07 Å². The Hall–Kier alpha value is -2.16. The van der Waals surface area contributed by atoms with Crippen molar-refractivity contribution in [2.75, 3.05) is 39.0 Å². The third-order valence-electron chi connectivity index (χ3n) is 4.68. The topological polar surface area (TPSA) is 90.9 Å². The SMILES string of the molecule is CN=C(NCCNC(=O)c1ccc(C)c(F)c1)N1CCS(=O)(=O)C(C)(C)C1. The smallest absolute Gasteiger partial charge is 0.251 e. The Morgan fingerprint density at radius 2 is 1.96 bits per heavy atom. The van der Waals surface area contributed by atoms with E-state index in [-0.39, 0.29) is 17.2 Å². The molecular weight excluding hydrogens is 371 g/mol. The van der Waals surface area contributed by atoms with E-state index in [1.54, 1.807) is 40.0 Å². The molecule has 2 rings (SSSR count). The van der Waals surface area contributed by atoms with Crippen molar-refractivity contribution < 1.29 is 17.6 Å². The first kappa shape index (κ1) is 21.1. The van der Waals surface area contributed by atoms with Gasteiger partial charge in [0.05, 0.1) is 10.5 Å². The van der Waals surface area contributed by atoms with Crippen LogP contribution in [-0.2, 0) is 9.84 Å². The molecule has 1 aliphatic rings. The van der Waals surface area contributed by atoms with E-state index in [2.05, 4.69) is 15.6 Å². The molecule has 0 spiro atoms. The van der Waals surface area contributed by atoms with Gasteiger partial charge < -0.3 is 15.5 Å². The van der Waals surface area contributed by atoms with Gasteiger partial charge in [0.15, 0.2) is 15.8 Å². The summed E-state index contributed by atoms with van der Waals surface area (Å²) >= 11 is 0. The second-order valence-electron chi connectivity index (χ2n) is 7.19. The van der Waals surface area contributed by atoms with Gasteiger partial charge in [-0.25, -0.2) is 12.8 Å². The lowest BCUT2D eigenvalue weighted by Gasteiger charge is -2.39. The number of guanidine groups is 1. The molecule has 0 atom stereocenters. The summed E-state index contributed by atoms with van der Waals surface area (Å²) in [6.45, 7) is 6.52. The van der Waals surface area contributed by atoms with Gasteiger partial charge in [-0.3, -0.25) is 9.79 Å². The van der Waals surface area contributed by atoms with Crippen LogP contribution in [-0.4, -0.2) is 68.9 Å². The number of nitrogens with zero attached hydrogens (tertiary/aromatic N) is 2. The number of nitrogens with one attached hydrogen (secondary N) is 2. The van der Waals surface area contributed by atoms with Crippen LogP contribution in [0.1, 0.15) is 29.8 Å². The number of carbonyl (C=O) groups is 1. The minimum absolute atomic E-state index is 0.0798. The molecule has 1 saturated heterocycles. The van der Waals surface area contributed by atoms with E-state index < -0.39 is 20.4 Å². The zero-order valence-electron chi connectivity index (χ0n) is 16.2. The van der Waals surface area contributed by atoms with E-state index >= 15 is 0 Å². The van der Waals surface area contributed by atoms with Gasteiger partial charge in [-0.15, -0.1) is 0 Å². The molecule has 1 amide bonds. The summed E-state index contributed by atoms with van der Waals surface area (Å²) in [6, 6.07) is 4.36. The fraction of sp³-hybridized carbons (Fsp3) is 0.556. The summed E-state index contributed by atoms with van der Waals surface area (Å²) < 4.78 is 36.9. The lowest BCUT2D eigenvalue weighted by Crippen LogP contribution is -2.57. The summed E-state index contributed by atoms with van der Waals surface area (Å²) in [5.74, 6) is -0.0931. The summed E-state index contributed by atoms with van der Waals surface area (Å²) in [7, 11) is -1.49. The zero-order chi connectivity index (χ0) is 20.2. The number of hydrogen-bond acceptors (Lipinski definition) is 4. The van der Waals surface area contributed by atoms with Crippen LogP contribution in [0.4, 0.5) is 4.39 Å². The predicted octanol–water partition coefficient (Wildman–Crippen LogP) is 0.948. The Morgan fingerprint density at radius 3 is 2.56 bits per heavy atom. The highest BCUT2D eigenvalue weighted by Crippen LogP contribution is 2.23. The molecule has 9 heteroatoms. The number of rotatable bonds is 4. The molecule has 1 heterocycles. The molecule has 1 fully saturated rings. The highest BCUT2D eigenvalue weighted by atomic mass is 32.2. The maximum absolute atomic E-state index is 13.5. The third-order valence-corrected chi connectivity index (χ3v) is 7.22. The molecule has 1 aliphatic heterocycles. The molecule has 0 radical (unpaired) electrons. The number of amides is 1. The molecule has 0 unspecified atom stereocenters. The van der Waals surface area contributed by atoms with Crippen LogP contribution < -0.4 is 10.6 Å². The number of carbonyl (C=O) groups excluding carboxylic acids is 1. The van der Waals surface area contributed by atoms with Crippen molar-refractivity contribution in [3.8, 4) is 0 Å². The van der Waals surface area contributed by atoms with E-state index in [0.29, 0.717) is 37.7 Å². The molecule has 0 saturated carbocycles. The number of halogens is 1. The number of benzene rings is 1. The van der Waals surface area contributed by atoms with Gasteiger partial charge in [0, 0.05) is 38.8 Å². The zero-order valence-corrected chi connectivity index (χ0v) is 17.0. The molecule has 27 heavy (non-hydrogen) atoms. The second-order valence-corrected chi connectivity index (χ2v) is 9.94. The van der Waals surface area contributed by atoms with Gasteiger partial charge in [-0.05, 0) is 38.5 Å². The highest BCUT2D eigenvalue weighted by molar-refractivity contribution is 7.92. The number of aliphatic imine (C=N–C) groups is 1. The Balaban J connectivity index is 1.85. The Labute approximate surface area is 160 Å². The van der Waals surface area contributed by atoms with Crippen LogP contribution in [0, 0.1) is 12.7 Å². The first-order chi connectivity index (χ1) is 12.6. The molecule has 0 bridgehead atoms. The third kappa shape index (κ3) is 4.97. The molecule has 0 aromatic heterocycles. The lowest BCUT2D eigenvalue weighted by molar-refractivity contribution is 0.0953. The maximum atomic E-state index is 13.5. The molecule has 1 aromatic rings. The average molecular weight is 399 g/mol. The van der Waals surface area contributed by atoms with Crippen molar-refractivity contribution in [1.29, 1.82) is 0 Å². The maximum Gasteiger partial charge on any atom is 0.251 e. The van der Waals surface area contributed by atoms with Crippen LogP contribution in [0.3, 0.4) is 0 Å². The minimum atomic E-state index is -3.12. The molecule has 0 aliphatic carbocycles. The number of aryl methyl sites for hydroxylation is 1. The highest BCUT2D eigenvalue weighted by Gasteiger charge is 2.40. The largest absolute Gasteiger partial charge is 0.354 e. The van der Waals surface area contributed by atoms with Gasteiger partial charge >= 0.3 is 0 Å². The van der Waals surface area contributed by atoms with Gasteiger partial charge in [-0.1, -0.05) is 6.07 Å². The van der Waals surface area contributed by atoms with Gasteiger partial charge in [0.1, 0.15) is 5.82 Å². The lowest BCUT2D eigenvalue weighted by atomic mass is 10.1. The number of hydrogen-bond donors (Lipinski definition) is 2. The molecule has 7 nitrogen and oxygen atoms in total. The Kier molecular flexibility index (Phi) is 6.46. The quantitative estimate of drug-likeness (QED) is 0.448. The Morgan fingerprint density at radius 1 is 1.30 bits per heavy atom. The summed E-state index contributed by atoms with van der Waals surface area (Å²) in [5, 5.41) is 5.84. The average Bonchev–Trinajstić information content (AvgIpc) is 2.60.